The van der Waals surface area contributed by atoms with Crippen molar-refractivity contribution in [1.29, 1.82) is 0 Å². The van der Waals surface area contributed by atoms with Gasteiger partial charge in [-0.05, 0) is 37.1 Å². The van der Waals surface area contributed by atoms with E-state index in [1.165, 1.54) is 0 Å². The summed E-state index contributed by atoms with van der Waals surface area (Å²) in [4.78, 5) is 23.2. The Bertz CT molecular complexity index is 876. The molecule has 0 aliphatic rings. The van der Waals surface area contributed by atoms with Crippen molar-refractivity contribution in [2.75, 3.05) is 12.4 Å². The van der Waals surface area contributed by atoms with Gasteiger partial charge in [0, 0.05) is 25.6 Å². The molecule has 2 amide bonds. The zero-order valence-electron chi connectivity index (χ0n) is 15.4. The third-order valence-electron chi connectivity index (χ3n) is 4.40. The van der Waals surface area contributed by atoms with Crippen molar-refractivity contribution in [1.82, 2.24) is 24.5 Å². The fourth-order valence-electron chi connectivity index (χ4n) is 3.01. The van der Waals surface area contributed by atoms with E-state index < -0.39 is 0 Å². The topological polar surface area (TPSA) is 75.4 Å². The molecule has 0 spiro atoms. The first-order valence-corrected chi connectivity index (χ1v) is 8.86. The molecule has 0 bridgehead atoms. The predicted octanol–water partition coefficient (Wildman–Crippen LogP) is 3.83. The van der Waals surface area contributed by atoms with E-state index in [9.17, 15) is 4.79 Å². The smallest absolute Gasteiger partial charge is 0.320 e. The number of fused-ring (bicyclic) bond motifs is 1. The summed E-state index contributed by atoms with van der Waals surface area (Å²) in [6.45, 7) is 3.97. The summed E-state index contributed by atoms with van der Waals surface area (Å²) in [7, 11) is 1.82. The fraction of sp³-hybridized carbons (Fsp3) is 0.368. The number of nitrogens with one attached hydrogen (secondary N) is 1. The molecule has 3 aromatic heterocycles. The summed E-state index contributed by atoms with van der Waals surface area (Å²) in [5.41, 5.74) is 2.32. The number of pyridine rings is 2. The summed E-state index contributed by atoms with van der Waals surface area (Å²) in [6, 6.07) is 7.39. The largest absolute Gasteiger partial charge is 0.322 e. The minimum Gasteiger partial charge on any atom is -0.320 e. The van der Waals surface area contributed by atoms with Gasteiger partial charge in [-0.15, -0.1) is 0 Å². The number of anilines is 1. The van der Waals surface area contributed by atoms with Crippen LogP contribution in [-0.4, -0.2) is 37.6 Å². The maximum absolute atomic E-state index is 12.9. The Morgan fingerprint density at radius 2 is 2.19 bits per heavy atom. The Balaban J connectivity index is 1.82. The van der Waals surface area contributed by atoms with E-state index in [2.05, 4.69) is 27.3 Å². The highest BCUT2D eigenvalue weighted by molar-refractivity contribution is 5.93. The minimum absolute atomic E-state index is 0.0250. The third kappa shape index (κ3) is 3.82. The first-order valence-electron chi connectivity index (χ1n) is 8.86. The number of amides is 2. The zero-order valence-corrected chi connectivity index (χ0v) is 15.4. The maximum Gasteiger partial charge on any atom is 0.322 e. The average molecular weight is 352 g/mol. The Morgan fingerprint density at radius 3 is 2.92 bits per heavy atom. The highest BCUT2D eigenvalue weighted by Crippen LogP contribution is 2.26. The van der Waals surface area contributed by atoms with Gasteiger partial charge in [0.1, 0.15) is 5.82 Å². The van der Waals surface area contributed by atoms with E-state index in [-0.39, 0.29) is 12.1 Å². The number of carbonyl (C=O) groups is 1. The molecule has 0 aliphatic carbocycles. The van der Waals surface area contributed by atoms with Gasteiger partial charge < -0.3 is 10.2 Å². The molecule has 3 rings (SSSR count). The minimum atomic E-state index is -0.177. The molecular formula is C19H24N6O. The molecule has 7 nitrogen and oxygen atoms in total. The summed E-state index contributed by atoms with van der Waals surface area (Å²) >= 11 is 0. The molecule has 0 saturated carbocycles. The van der Waals surface area contributed by atoms with Crippen molar-refractivity contribution in [3.8, 4) is 0 Å². The van der Waals surface area contributed by atoms with Crippen LogP contribution in [0, 0.1) is 6.92 Å². The van der Waals surface area contributed by atoms with Gasteiger partial charge in [-0.25, -0.2) is 14.3 Å². The Morgan fingerprint density at radius 1 is 1.35 bits per heavy atom. The molecule has 0 aliphatic heterocycles. The number of hydrogen-bond donors (Lipinski definition) is 1. The molecule has 1 N–H and O–H groups in total. The summed E-state index contributed by atoms with van der Waals surface area (Å²) in [5.74, 6) is 0.663. The molecule has 0 saturated heterocycles. The van der Waals surface area contributed by atoms with Crippen molar-refractivity contribution in [3.63, 3.8) is 0 Å². The number of urea groups is 1. The Labute approximate surface area is 153 Å². The molecule has 0 fully saturated rings. The highest BCUT2D eigenvalue weighted by atomic mass is 16.2. The number of aromatic nitrogens is 4. The predicted molar refractivity (Wildman–Crippen MR) is 101 cm³/mol. The number of nitrogens with zero attached hydrogens (tertiary/aromatic N) is 5. The van der Waals surface area contributed by atoms with Gasteiger partial charge in [0.05, 0.1) is 11.7 Å². The average Bonchev–Trinajstić information content (AvgIpc) is 3.04. The molecule has 0 aromatic carbocycles. The van der Waals surface area contributed by atoms with Gasteiger partial charge in [-0.1, -0.05) is 25.8 Å². The van der Waals surface area contributed by atoms with Crippen LogP contribution in [0.15, 0.2) is 42.9 Å². The number of aryl methyl sites for hydroxylation is 1. The van der Waals surface area contributed by atoms with Crippen LogP contribution in [-0.2, 0) is 0 Å². The van der Waals surface area contributed by atoms with Crippen LogP contribution >= 0.6 is 0 Å². The van der Waals surface area contributed by atoms with Crippen LogP contribution in [0.4, 0.5) is 10.5 Å². The quantitative estimate of drug-likeness (QED) is 0.731. The van der Waals surface area contributed by atoms with E-state index in [0.717, 1.165) is 24.8 Å². The first-order chi connectivity index (χ1) is 12.6. The molecular weight excluding hydrogens is 328 g/mol. The lowest BCUT2D eigenvalue weighted by Gasteiger charge is -2.28. The SMILES string of the molecule is CCCC[C@@H](c1cccnc1)N(C)C(=O)Nc1cccn2nc(C)nc12. The van der Waals surface area contributed by atoms with Crippen LogP contribution in [0.1, 0.15) is 43.6 Å². The van der Waals surface area contributed by atoms with Gasteiger partial charge in [0.2, 0.25) is 0 Å². The molecule has 0 radical (unpaired) electrons. The molecule has 1 atom stereocenters. The lowest BCUT2D eigenvalue weighted by atomic mass is 10.0. The van der Waals surface area contributed by atoms with Crippen LogP contribution < -0.4 is 5.32 Å². The Hall–Kier alpha value is -2.96. The van der Waals surface area contributed by atoms with E-state index in [1.807, 2.05) is 50.6 Å². The third-order valence-corrected chi connectivity index (χ3v) is 4.40. The van der Waals surface area contributed by atoms with E-state index in [1.54, 1.807) is 15.6 Å². The Kier molecular flexibility index (Phi) is 5.46. The van der Waals surface area contributed by atoms with Gasteiger partial charge >= 0.3 is 6.03 Å². The molecule has 7 heteroatoms. The molecule has 3 heterocycles. The van der Waals surface area contributed by atoms with Crippen LogP contribution in [0.5, 0.6) is 0 Å². The first kappa shape index (κ1) is 17.8. The molecule has 0 unspecified atom stereocenters. The zero-order chi connectivity index (χ0) is 18.5. The number of rotatable bonds is 6. The normalized spacial score (nSPS) is 12.1. The molecule has 136 valence electrons. The van der Waals surface area contributed by atoms with Gasteiger partial charge in [-0.3, -0.25) is 4.98 Å². The second-order valence-corrected chi connectivity index (χ2v) is 6.33. The van der Waals surface area contributed by atoms with E-state index in [0.29, 0.717) is 17.2 Å². The highest BCUT2D eigenvalue weighted by Gasteiger charge is 2.22. The lowest BCUT2D eigenvalue weighted by Crippen LogP contribution is -2.35. The monoisotopic (exact) mass is 352 g/mol. The van der Waals surface area contributed by atoms with Crippen LogP contribution in [0.25, 0.3) is 5.65 Å². The van der Waals surface area contributed by atoms with E-state index in [4.69, 9.17) is 0 Å². The van der Waals surface area contributed by atoms with Crippen molar-refractivity contribution < 1.29 is 4.79 Å². The van der Waals surface area contributed by atoms with Gasteiger partial charge in [-0.2, -0.15) is 5.10 Å². The van der Waals surface area contributed by atoms with Crippen molar-refractivity contribution in [2.45, 2.75) is 39.2 Å². The summed E-state index contributed by atoms with van der Waals surface area (Å²) in [5, 5.41) is 7.25. The standard InChI is InChI=1S/C19H24N6O/c1-4-5-10-17(15-8-6-11-20-13-15)24(3)19(26)22-16-9-7-12-25-18(16)21-14(2)23-25/h6-9,11-13,17H,4-5,10H2,1-3H3,(H,22,26)/t17-/m0/s1. The van der Waals surface area contributed by atoms with Crippen molar-refractivity contribution >= 4 is 17.4 Å². The molecule has 26 heavy (non-hydrogen) atoms. The maximum atomic E-state index is 12.9. The van der Waals surface area contributed by atoms with Crippen molar-refractivity contribution in [2.24, 2.45) is 0 Å². The second-order valence-electron chi connectivity index (χ2n) is 6.33. The van der Waals surface area contributed by atoms with Gasteiger partial charge in [0.15, 0.2) is 5.65 Å². The fourth-order valence-corrected chi connectivity index (χ4v) is 3.01. The van der Waals surface area contributed by atoms with Crippen molar-refractivity contribution in [3.05, 3.63) is 54.2 Å². The second kappa shape index (κ2) is 7.95. The number of unbranched alkanes of at least 4 members (excludes halogenated alkanes) is 1. The number of hydrogen-bond acceptors (Lipinski definition) is 4. The van der Waals surface area contributed by atoms with Crippen LogP contribution in [0.3, 0.4) is 0 Å². The summed E-state index contributed by atoms with van der Waals surface area (Å²) in [6.07, 6.45) is 8.39. The molecule has 3 aromatic rings. The lowest BCUT2D eigenvalue weighted by molar-refractivity contribution is 0.200. The number of carbonyl (C=O) groups excluding carboxylic acids is 1. The van der Waals surface area contributed by atoms with E-state index >= 15 is 0 Å². The summed E-state index contributed by atoms with van der Waals surface area (Å²) < 4.78 is 1.67. The van der Waals surface area contributed by atoms with Crippen LogP contribution in [0.2, 0.25) is 0 Å². The van der Waals surface area contributed by atoms with Gasteiger partial charge in [0.25, 0.3) is 0 Å².